The molecule has 1 aromatic heterocycles. The van der Waals surface area contributed by atoms with Gasteiger partial charge in [0.25, 0.3) is 0 Å². The van der Waals surface area contributed by atoms with Crippen molar-refractivity contribution in [1.29, 1.82) is 0 Å². The van der Waals surface area contributed by atoms with Gasteiger partial charge in [0.05, 0.1) is 18.5 Å². The second kappa shape index (κ2) is 9.14. The summed E-state index contributed by atoms with van der Waals surface area (Å²) in [5.41, 5.74) is 2.67. The van der Waals surface area contributed by atoms with E-state index in [0.29, 0.717) is 28.6 Å². The number of halogens is 1. The lowest BCUT2D eigenvalue weighted by Gasteiger charge is -2.23. The quantitative estimate of drug-likeness (QED) is 0.501. The molecule has 0 saturated heterocycles. The van der Waals surface area contributed by atoms with E-state index in [1.165, 1.54) is 19.3 Å². The van der Waals surface area contributed by atoms with E-state index in [1.807, 2.05) is 36.4 Å². The van der Waals surface area contributed by atoms with Gasteiger partial charge in [0, 0.05) is 22.7 Å². The van der Waals surface area contributed by atoms with Crippen LogP contribution >= 0.6 is 11.6 Å². The fourth-order valence-corrected chi connectivity index (χ4v) is 3.85. The standard InChI is InChI=1S/C23H25ClN4O/c1-29-21-13-12-17(24)14-20(21)26-22-15-19(16-8-4-2-5-9-16)27-23(28-22)25-18-10-6-3-7-11-18/h2,4-5,8-9,12-15,18H,3,6-7,10-11H2,1H3,(H2,25,26,27,28). The van der Waals surface area contributed by atoms with Gasteiger partial charge in [-0.15, -0.1) is 0 Å². The molecular weight excluding hydrogens is 384 g/mol. The van der Waals surface area contributed by atoms with Gasteiger partial charge in [0.2, 0.25) is 5.95 Å². The van der Waals surface area contributed by atoms with Crippen LogP contribution in [0.2, 0.25) is 5.02 Å². The zero-order valence-electron chi connectivity index (χ0n) is 16.5. The van der Waals surface area contributed by atoms with Crippen LogP contribution in [0, 0.1) is 0 Å². The number of methoxy groups -OCH3 is 1. The third kappa shape index (κ3) is 4.98. The number of hydrogen-bond acceptors (Lipinski definition) is 5. The van der Waals surface area contributed by atoms with Crippen molar-refractivity contribution >= 4 is 29.1 Å². The summed E-state index contributed by atoms with van der Waals surface area (Å²) in [5.74, 6) is 2.04. The maximum atomic E-state index is 6.19. The molecule has 0 aliphatic heterocycles. The molecule has 0 bridgehead atoms. The van der Waals surface area contributed by atoms with Gasteiger partial charge in [0.15, 0.2) is 0 Å². The second-order valence-corrected chi connectivity index (χ2v) is 7.71. The van der Waals surface area contributed by atoms with Crippen LogP contribution in [0.15, 0.2) is 54.6 Å². The molecule has 0 atom stereocenters. The van der Waals surface area contributed by atoms with Crippen molar-refractivity contribution in [2.24, 2.45) is 0 Å². The summed E-state index contributed by atoms with van der Waals surface area (Å²) in [6, 6.07) is 18.0. The van der Waals surface area contributed by atoms with Crippen LogP contribution in [0.4, 0.5) is 17.5 Å². The SMILES string of the molecule is COc1ccc(Cl)cc1Nc1cc(-c2ccccc2)nc(NC2CCCCC2)n1. The molecule has 1 aliphatic rings. The minimum Gasteiger partial charge on any atom is -0.495 e. The summed E-state index contributed by atoms with van der Waals surface area (Å²) >= 11 is 6.19. The Labute approximate surface area is 176 Å². The molecule has 1 aliphatic carbocycles. The van der Waals surface area contributed by atoms with Crippen LogP contribution in [0.5, 0.6) is 5.75 Å². The molecule has 0 amide bonds. The molecule has 29 heavy (non-hydrogen) atoms. The minimum absolute atomic E-state index is 0.420. The van der Waals surface area contributed by atoms with Crippen molar-refractivity contribution in [2.75, 3.05) is 17.7 Å². The Balaban J connectivity index is 1.68. The Morgan fingerprint density at radius 2 is 1.76 bits per heavy atom. The van der Waals surface area contributed by atoms with Crippen molar-refractivity contribution in [1.82, 2.24) is 9.97 Å². The molecule has 0 unspecified atom stereocenters. The Hall–Kier alpha value is -2.79. The molecule has 0 spiro atoms. The van der Waals surface area contributed by atoms with Gasteiger partial charge in [-0.05, 0) is 31.0 Å². The van der Waals surface area contributed by atoms with Crippen LogP contribution in [0.1, 0.15) is 32.1 Å². The summed E-state index contributed by atoms with van der Waals surface area (Å²) in [7, 11) is 1.64. The van der Waals surface area contributed by atoms with Crippen LogP contribution in [0.3, 0.4) is 0 Å². The van der Waals surface area contributed by atoms with Crippen molar-refractivity contribution in [2.45, 2.75) is 38.1 Å². The average Bonchev–Trinajstić information content (AvgIpc) is 2.75. The van der Waals surface area contributed by atoms with Gasteiger partial charge in [-0.25, -0.2) is 4.98 Å². The molecule has 150 valence electrons. The van der Waals surface area contributed by atoms with E-state index in [1.54, 1.807) is 13.2 Å². The van der Waals surface area contributed by atoms with Gasteiger partial charge in [-0.3, -0.25) is 0 Å². The predicted octanol–water partition coefficient (Wildman–Crippen LogP) is 6.29. The molecule has 0 radical (unpaired) electrons. The van der Waals surface area contributed by atoms with Crippen LogP contribution in [0.25, 0.3) is 11.3 Å². The first-order valence-corrected chi connectivity index (χ1v) is 10.4. The molecule has 1 fully saturated rings. The third-order valence-corrected chi connectivity index (χ3v) is 5.39. The van der Waals surface area contributed by atoms with E-state index in [4.69, 9.17) is 26.3 Å². The van der Waals surface area contributed by atoms with E-state index < -0.39 is 0 Å². The van der Waals surface area contributed by atoms with E-state index in [9.17, 15) is 0 Å². The van der Waals surface area contributed by atoms with E-state index in [0.717, 1.165) is 29.8 Å². The first kappa shape index (κ1) is 19.5. The minimum atomic E-state index is 0.420. The molecule has 2 N–H and O–H groups in total. The monoisotopic (exact) mass is 408 g/mol. The molecule has 5 nitrogen and oxygen atoms in total. The van der Waals surface area contributed by atoms with E-state index in [-0.39, 0.29) is 0 Å². The number of anilines is 3. The third-order valence-electron chi connectivity index (χ3n) is 5.16. The number of nitrogens with zero attached hydrogens (tertiary/aromatic N) is 2. The highest BCUT2D eigenvalue weighted by Gasteiger charge is 2.16. The molecule has 1 saturated carbocycles. The zero-order valence-corrected chi connectivity index (χ0v) is 17.2. The summed E-state index contributed by atoms with van der Waals surface area (Å²) in [6.07, 6.45) is 6.12. The number of aromatic nitrogens is 2. The van der Waals surface area contributed by atoms with Gasteiger partial charge in [-0.2, -0.15) is 4.98 Å². The number of ether oxygens (including phenoxy) is 1. The van der Waals surface area contributed by atoms with E-state index >= 15 is 0 Å². The number of benzene rings is 2. The zero-order chi connectivity index (χ0) is 20.1. The lowest BCUT2D eigenvalue weighted by atomic mass is 9.96. The molecule has 1 heterocycles. The second-order valence-electron chi connectivity index (χ2n) is 7.28. The highest BCUT2D eigenvalue weighted by Crippen LogP contribution is 2.32. The van der Waals surface area contributed by atoms with Gasteiger partial charge >= 0.3 is 0 Å². The highest BCUT2D eigenvalue weighted by atomic mass is 35.5. The van der Waals surface area contributed by atoms with Crippen molar-refractivity contribution in [3.05, 3.63) is 59.6 Å². The van der Waals surface area contributed by atoms with Crippen molar-refractivity contribution in [3.8, 4) is 17.0 Å². The van der Waals surface area contributed by atoms with Gasteiger partial charge in [0.1, 0.15) is 11.6 Å². The molecule has 2 aromatic carbocycles. The summed E-state index contributed by atoms with van der Waals surface area (Å²) in [5, 5.41) is 7.52. The van der Waals surface area contributed by atoms with Crippen LogP contribution in [-0.4, -0.2) is 23.1 Å². The Kier molecular flexibility index (Phi) is 6.15. The lowest BCUT2D eigenvalue weighted by Crippen LogP contribution is -2.23. The Bertz CT molecular complexity index is 958. The predicted molar refractivity (Wildman–Crippen MR) is 119 cm³/mol. The molecule has 4 rings (SSSR count). The lowest BCUT2D eigenvalue weighted by molar-refractivity contribution is 0.417. The normalized spacial score (nSPS) is 14.4. The van der Waals surface area contributed by atoms with Crippen LogP contribution in [-0.2, 0) is 0 Å². The van der Waals surface area contributed by atoms with Crippen LogP contribution < -0.4 is 15.4 Å². The number of nitrogens with one attached hydrogen (secondary N) is 2. The van der Waals surface area contributed by atoms with Gasteiger partial charge < -0.3 is 15.4 Å². The summed E-state index contributed by atoms with van der Waals surface area (Å²) < 4.78 is 5.46. The smallest absolute Gasteiger partial charge is 0.225 e. The fourth-order valence-electron chi connectivity index (χ4n) is 3.68. The first-order chi connectivity index (χ1) is 14.2. The average molecular weight is 409 g/mol. The van der Waals surface area contributed by atoms with Gasteiger partial charge in [-0.1, -0.05) is 61.2 Å². The largest absolute Gasteiger partial charge is 0.495 e. The Morgan fingerprint density at radius 3 is 2.52 bits per heavy atom. The van der Waals surface area contributed by atoms with Crippen molar-refractivity contribution < 1.29 is 4.74 Å². The summed E-state index contributed by atoms with van der Waals surface area (Å²) in [6.45, 7) is 0. The molecular formula is C23H25ClN4O. The fraction of sp³-hybridized carbons (Fsp3) is 0.304. The highest BCUT2D eigenvalue weighted by molar-refractivity contribution is 6.31. The topological polar surface area (TPSA) is 59.1 Å². The molecule has 3 aromatic rings. The maximum absolute atomic E-state index is 6.19. The number of rotatable bonds is 6. The maximum Gasteiger partial charge on any atom is 0.225 e. The first-order valence-electron chi connectivity index (χ1n) is 10.0. The van der Waals surface area contributed by atoms with E-state index in [2.05, 4.69) is 22.8 Å². The number of hydrogen-bond donors (Lipinski definition) is 2. The van der Waals surface area contributed by atoms with Crippen molar-refractivity contribution in [3.63, 3.8) is 0 Å². The summed E-state index contributed by atoms with van der Waals surface area (Å²) in [4.78, 5) is 9.50. The Morgan fingerprint density at radius 1 is 0.966 bits per heavy atom. The molecule has 6 heteroatoms.